The van der Waals surface area contributed by atoms with E-state index in [1.165, 1.54) is 0 Å². The Kier molecular flexibility index (Phi) is 5.24. The second-order valence-electron chi connectivity index (χ2n) is 9.57. The number of hydrogen-bond acceptors (Lipinski definition) is 4. The molecule has 152 valence electrons. The van der Waals surface area contributed by atoms with Crippen molar-refractivity contribution in [3.63, 3.8) is 0 Å². The van der Waals surface area contributed by atoms with E-state index in [-0.39, 0.29) is 26.6 Å². The molecule has 3 heterocycles. The lowest BCUT2D eigenvalue weighted by Gasteiger charge is -2.63. The van der Waals surface area contributed by atoms with Crippen LogP contribution in [0, 0.1) is 22.7 Å². The SMILES string of the molecule is C[C@@H]1[C@@H]2CC(CN1C(=O)[C@@H](NS(=O)(=O)c1sccc1Cl)C(C)(C)C)C2(C)C. The van der Waals surface area contributed by atoms with E-state index >= 15 is 0 Å². The largest absolute Gasteiger partial charge is 0.338 e. The van der Waals surface area contributed by atoms with Gasteiger partial charge in [-0.3, -0.25) is 4.79 Å². The number of piperidine rings is 2. The van der Waals surface area contributed by atoms with Gasteiger partial charge in [0.05, 0.1) is 5.02 Å². The number of fused-ring (bicyclic) bond motifs is 2. The Morgan fingerprint density at radius 3 is 2.48 bits per heavy atom. The third-order valence-electron chi connectivity index (χ3n) is 6.53. The molecular formula is C19H29ClN2O3S2. The smallest absolute Gasteiger partial charge is 0.252 e. The quantitative estimate of drug-likeness (QED) is 0.782. The Hall–Kier alpha value is -0.630. The molecule has 1 unspecified atom stereocenters. The number of thiophene rings is 1. The lowest BCUT2D eigenvalue weighted by molar-refractivity contribution is -0.169. The maximum absolute atomic E-state index is 13.4. The van der Waals surface area contributed by atoms with Gasteiger partial charge in [0, 0.05) is 12.6 Å². The van der Waals surface area contributed by atoms with Gasteiger partial charge >= 0.3 is 0 Å². The average molecular weight is 433 g/mol. The van der Waals surface area contributed by atoms with Gasteiger partial charge in [0.25, 0.3) is 10.0 Å². The van der Waals surface area contributed by atoms with Crippen molar-refractivity contribution >= 4 is 38.9 Å². The molecule has 0 aromatic carbocycles. The summed E-state index contributed by atoms with van der Waals surface area (Å²) in [4.78, 5) is 15.3. The second kappa shape index (κ2) is 6.71. The summed E-state index contributed by atoms with van der Waals surface area (Å²) in [5.74, 6) is 0.798. The Morgan fingerprint density at radius 1 is 1.41 bits per heavy atom. The van der Waals surface area contributed by atoms with Gasteiger partial charge in [0.15, 0.2) is 4.21 Å². The van der Waals surface area contributed by atoms with Gasteiger partial charge < -0.3 is 4.90 Å². The molecule has 4 rings (SSSR count). The zero-order chi connectivity index (χ0) is 20.4. The Bertz CT molecular complexity index is 841. The van der Waals surface area contributed by atoms with Crippen molar-refractivity contribution in [1.82, 2.24) is 9.62 Å². The van der Waals surface area contributed by atoms with Gasteiger partial charge in [0.1, 0.15) is 6.04 Å². The van der Waals surface area contributed by atoms with Crippen LogP contribution in [0.4, 0.5) is 0 Å². The molecule has 2 bridgehead atoms. The van der Waals surface area contributed by atoms with Crippen molar-refractivity contribution in [3.8, 4) is 0 Å². The van der Waals surface area contributed by atoms with Crippen molar-refractivity contribution in [2.75, 3.05) is 6.54 Å². The van der Waals surface area contributed by atoms with E-state index in [1.807, 2.05) is 25.7 Å². The maximum Gasteiger partial charge on any atom is 0.252 e. The molecule has 1 aromatic heterocycles. The monoisotopic (exact) mass is 432 g/mol. The first kappa shape index (κ1) is 21.1. The summed E-state index contributed by atoms with van der Waals surface area (Å²) in [5.41, 5.74) is -0.317. The van der Waals surface area contributed by atoms with Crippen LogP contribution in [0.3, 0.4) is 0 Å². The number of nitrogens with one attached hydrogen (secondary N) is 1. The predicted octanol–water partition coefficient (Wildman–Crippen LogP) is 3.99. The van der Waals surface area contributed by atoms with Gasteiger partial charge in [-0.15, -0.1) is 11.3 Å². The van der Waals surface area contributed by atoms with E-state index in [4.69, 9.17) is 11.6 Å². The molecule has 2 aliphatic heterocycles. The van der Waals surface area contributed by atoms with E-state index in [1.54, 1.807) is 11.4 Å². The standard InChI is InChI=1S/C19H29ClN2O3S2/c1-11-13-9-12(19(13,5)6)10-22(11)16(23)15(18(2,3)4)21-27(24,25)17-14(20)7-8-26-17/h7-8,11-13,15,21H,9-10H2,1-6H3/t11-,12?,13+,15-/m1/s1. The highest BCUT2D eigenvalue weighted by Crippen LogP contribution is 2.57. The zero-order valence-corrected chi connectivity index (χ0v) is 19.1. The summed E-state index contributed by atoms with van der Waals surface area (Å²) < 4.78 is 28.4. The average Bonchev–Trinajstić information content (AvgIpc) is 2.97. The Labute approximate surface area is 171 Å². The number of nitrogens with zero attached hydrogens (tertiary/aromatic N) is 1. The molecule has 0 radical (unpaired) electrons. The van der Waals surface area contributed by atoms with E-state index in [2.05, 4.69) is 25.5 Å². The summed E-state index contributed by atoms with van der Waals surface area (Å²) in [6.07, 6.45) is 1.15. The van der Waals surface area contributed by atoms with Crippen LogP contribution in [0.2, 0.25) is 5.02 Å². The highest BCUT2D eigenvalue weighted by molar-refractivity contribution is 7.91. The molecular weight excluding hydrogens is 404 g/mol. The Balaban J connectivity index is 1.86. The topological polar surface area (TPSA) is 66.5 Å². The van der Waals surface area contributed by atoms with E-state index in [0.717, 1.165) is 17.8 Å². The molecule has 1 amide bonds. The lowest BCUT2D eigenvalue weighted by atomic mass is 9.50. The van der Waals surface area contributed by atoms with Crippen molar-refractivity contribution in [3.05, 3.63) is 16.5 Å². The highest BCUT2D eigenvalue weighted by atomic mass is 35.5. The number of rotatable bonds is 4. The van der Waals surface area contributed by atoms with Crippen molar-refractivity contribution in [2.24, 2.45) is 22.7 Å². The molecule has 1 aromatic rings. The van der Waals surface area contributed by atoms with E-state index in [0.29, 0.717) is 18.4 Å². The van der Waals surface area contributed by atoms with Gasteiger partial charge in [0.2, 0.25) is 5.91 Å². The van der Waals surface area contributed by atoms with Crippen molar-refractivity contribution in [2.45, 2.75) is 64.3 Å². The van der Waals surface area contributed by atoms with Crippen LogP contribution in [-0.4, -0.2) is 37.9 Å². The van der Waals surface area contributed by atoms with Crippen molar-refractivity contribution in [1.29, 1.82) is 0 Å². The molecule has 2 saturated heterocycles. The third kappa shape index (κ3) is 3.56. The van der Waals surface area contributed by atoms with Crippen LogP contribution in [-0.2, 0) is 14.8 Å². The van der Waals surface area contributed by atoms with Crippen LogP contribution in [0.25, 0.3) is 0 Å². The zero-order valence-electron chi connectivity index (χ0n) is 16.7. The summed E-state index contributed by atoms with van der Waals surface area (Å²) in [7, 11) is -3.87. The second-order valence-corrected chi connectivity index (χ2v) is 12.8. The molecule has 0 spiro atoms. The van der Waals surface area contributed by atoms with Gasteiger partial charge in [-0.2, -0.15) is 4.72 Å². The number of carbonyl (C=O) groups is 1. The number of halogens is 1. The van der Waals surface area contributed by atoms with Crippen LogP contribution in [0.5, 0.6) is 0 Å². The normalized spacial score (nSPS) is 28.6. The molecule has 3 fully saturated rings. The third-order valence-corrected chi connectivity index (χ3v) is 9.98. The summed E-state index contributed by atoms with van der Waals surface area (Å²) in [6.45, 7) is 13.0. The summed E-state index contributed by atoms with van der Waals surface area (Å²) in [5, 5.41) is 1.81. The van der Waals surface area contributed by atoms with Crippen LogP contribution < -0.4 is 4.72 Å². The lowest BCUT2D eigenvalue weighted by Crippen LogP contribution is -2.68. The van der Waals surface area contributed by atoms with Gasteiger partial charge in [-0.25, -0.2) is 8.42 Å². The minimum atomic E-state index is -3.87. The molecule has 27 heavy (non-hydrogen) atoms. The van der Waals surface area contributed by atoms with E-state index < -0.39 is 21.5 Å². The number of sulfonamides is 1. The fourth-order valence-corrected chi connectivity index (χ4v) is 7.64. The highest BCUT2D eigenvalue weighted by Gasteiger charge is 2.57. The fraction of sp³-hybridized carbons (Fsp3) is 0.737. The number of amides is 1. The molecule has 1 N–H and O–H groups in total. The molecule has 5 nitrogen and oxygen atoms in total. The molecule has 1 saturated carbocycles. The van der Waals surface area contributed by atoms with Crippen LogP contribution in [0.15, 0.2) is 15.7 Å². The van der Waals surface area contributed by atoms with E-state index in [9.17, 15) is 13.2 Å². The minimum absolute atomic E-state index is 0.0573. The van der Waals surface area contributed by atoms with Crippen LogP contribution >= 0.6 is 22.9 Å². The first-order valence-corrected chi connectivity index (χ1v) is 12.1. The number of carbonyl (C=O) groups excluding carboxylic acids is 1. The Morgan fingerprint density at radius 2 is 2.04 bits per heavy atom. The fourth-order valence-electron chi connectivity index (χ4n) is 4.54. The summed E-state index contributed by atoms with van der Waals surface area (Å²) >= 11 is 7.08. The first-order valence-electron chi connectivity index (χ1n) is 9.32. The molecule has 8 heteroatoms. The first-order chi connectivity index (χ1) is 12.3. The minimum Gasteiger partial charge on any atom is -0.338 e. The van der Waals surface area contributed by atoms with Gasteiger partial charge in [-0.1, -0.05) is 46.2 Å². The predicted molar refractivity (Wildman–Crippen MR) is 109 cm³/mol. The van der Waals surface area contributed by atoms with Crippen LogP contribution in [0.1, 0.15) is 48.0 Å². The molecule has 4 atom stereocenters. The number of hydrogen-bond donors (Lipinski definition) is 1. The molecule has 3 aliphatic rings. The molecule has 1 aliphatic carbocycles. The van der Waals surface area contributed by atoms with Crippen molar-refractivity contribution < 1.29 is 13.2 Å². The maximum atomic E-state index is 13.4. The summed E-state index contributed by atoms with van der Waals surface area (Å²) in [6, 6.07) is 0.817. The van der Waals surface area contributed by atoms with Gasteiger partial charge in [-0.05, 0) is 47.5 Å².